The monoisotopic (exact) mass is 681 g/mol. The van der Waals surface area contributed by atoms with E-state index in [1.807, 2.05) is 13.0 Å². The number of thiocarbonyl (C=S) groups is 1. The van der Waals surface area contributed by atoms with E-state index in [9.17, 15) is 24.0 Å². The molecule has 2 aliphatic heterocycles. The maximum atomic E-state index is 13.6. The van der Waals surface area contributed by atoms with E-state index in [0.29, 0.717) is 71.9 Å². The maximum Gasteiger partial charge on any atom is 0.303 e. The third-order valence-corrected chi connectivity index (χ3v) is 10.1. The minimum Gasteiger partial charge on any atom is -0.481 e. The van der Waals surface area contributed by atoms with Crippen molar-refractivity contribution in [3.8, 4) is 6.07 Å². The van der Waals surface area contributed by atoms with E-state index >= 15 is 0 Å². The van der Waals surface area contributed by atoms with E-state index in [0.717, 1.165) is 57.1 Å². The van der Waals surface area contributed by atoms with E-state index in [1.54, 1.807) is 28.5 Å². The topological polar surface area (TPSA) is 110 Å². The number of halogens is 1. The lowest BCUT2D eigenvalue weighted by atomic mass is 10.0. The van der Waals surface area contributed by atoms with Crippen molar-refractivity contribution >= 4 is 57.8 Å². The number of carboxylic acids is 1. The second-order valence-corrected chi connectivity index (χ2v) is 13.7. The molecule has 0 aliphatic carbocycles. The van der Waals surface area contributed by atoms with E-state index < -0.39 is 5.97 Å². The lowest BCUT2D eigenvalue weighted by Crippen LogP contribution is -2.48. The van der Waals surface area contributed by atoms with Crippen molar-refractivity contribution < 1.29 is 19.1 Å². The summed E-state index contributed by atoms with van der Waals surface area (Å²) in [5, 5.41) is 18.7. The van der Waals surface area contributed by atoms with Crippen molar-refractivity contribution in [1.29, 1.82) is 5.26 Å². The van der Waals surface area contributed by atoms with Crippen molar-refractivity contribution in [2.45, 2.75) is 84.6 Å². The fraction of sp³-hybridized carbons (Fsp3) is 0.514. The van der Waals surface area contributed by atoms with Crippen LogP contribution in [0.5, 0.6) is 0 Å². The number of piperazine rings is 1. The van der Waals surface area contributed by atoms with Crippen LogP contribution in [0.3, 0.4) is 0 Å². The molecule has 1 N–H and O–H groups in total. The van der Waals surface area contributed by atoms with Gasteiger partial charge in [-0.15, -0.1) is 0 Å². The normalized spacial score (nSPS) is 16.0. The lowest BCUT2D eigenvalue weighted by molar-refractivity contribution is -0.137. The van der Waals surface area contributed by atoms with Crippen LogP contribution in [0.25, 0.3) is 6.08 Å². The van der Waals surface area contributed by atoms with E-state index in [-0.39, 0.29) is 29.3 Å². The van der Waals surface area contributed by atoms with Gasteiger partial charge in [-0.1, -0.05) is 69.4 Å². The molecular formula is C35H44FN5O4S2. The third-order valence-electron chi connectivity index (χ3n) is 8.74. The summed E-state index contributed by atoms with van der Waals surface area (Å²) in [6, 6.07) is 8.55. The summed E-state index contributed by atoms with van der Waals surface area (Å²) in [6.07, 6.45) is 10.5. The van der Waals surface area contributed by atoms with E-state index in [2.05, 4.69) is 15.9 Å². The van der Waals surface area contributed by atoms with Gasteiger partial charge in [0.2, 0.25) is 0 Å². The summed E-state index contributed by atoms with van der Waals surface area (Å²) < 4.78 is 15.7. The Morgan fingerprint density at radius 1 is 0.979 bits per heavy atom. The summed E-state index contributed by atoms with van der Waals surface area (Å²) in [7, 11) is 0. The predicted octanol–water partition coefficient (Wildman–Crippen LogP) is 6.70. The smallest absolute Gasteiger partial charge is 0.303 e. The predicted molar refractivity (Wildman–Crippen MR) is 190 cm³/mol. The number of carbonyl (C=O) groups is 2. The molecule has 1 amide bonds. The highest BCUT2D eigenvalue weighted by Crippen LogP contribution is 2.36. The van der Waals surface area contributed by atoms with Crippen molar-refractivity contribution in [2.24, 2.45) is 0 Å². The first kappa shape index (κ1) is 36.2. The van der Waals surface area contributed by atoms with Gasteiger partial charge in [0, 0.05) is 56.9 Å². The van der Waals surface area contributed by atoms with Gasteiger partial charge in [0.1, 0.15) is 27.6 Å². The second-order valence-electron chi connectivity index (χ2n) is 12.1. The lowest BCUT2D eigenvalue weighted by Gasteiger charge is -2.39. The number of carbonyl (C=O) groups excluding carboxylic acids is 1. The zero-order valence-corrected chi connectivity index (χ0v) is 28.9. The highest BCUT2D eigenvalue weighted by molar-refractivity contribution is 8.26. The molecule has 1 aromatic carbocycles. The number of anilines is 2. The Labute approximate surface area is 286 Å². The zero-order valence-electron chi connectivity index (χ0n) is 27.3. The first-order chi connectivity index (χ1) is 22.7. The number of hydrogen-bond acceptors (Lipinski definition) is 8. The zero-order chi connectivity index (χ0) is 33.9. The molecule has 47 heavy (non-hydrogen) atoms. The number of pyridine rings is 1. The van der Waals surface area contributed by atoms with Crippen LogP contribution in [0.15, 0.2) is 34.0 Å². The maximum absolute atomic E-state index is 13.6. The minimum atomic E-state index is -0.739. The third kappa shape index (κ3) is 9.23. The second kappa shape index (κ2) is 17.5. The number of nitrogens with zero attached hydrogens (tertiary/aromatic N) is 5. The highest BCUT2D eigenvalue weighted by atomic mass is 32.2. The number of rotatable bonds is 16. The van der Waals surface area contributed by atoms with Gasteiger partial charge >= 0.3 is 5.97 Å². The van der Waals surface area contributed by atoms with Crippen molar-refractivity contribution in [3.63, 3.8) is 0 Å². The van der Waals surface area contributed by atoms with Crippen LogP contribution in [-0.4, -0.2) is 63.5 Å². The Morgan fingerprint density at radius 3 is 2.17 bits per heavy atom. The number of nitriles is 1. The fourth-order valence-corrected chi connectivity index (χ4v) is 7.47. The van der Waals surface area contributed by atoms with Crippen molar-refractivity contribution in [3.05, 3.63) is 62.0 Å². The van der Waals surface area contributed by atoms with Crippen molar-refractivity contribution in [1.82, 2.24) is 9.47 Å². The van der Waals surface area contributed by atoms with Crippen LogP contribution in [0.1, 0.15) is 87.8 Å². The van der Waals surface area contributed by atoms with Gasteiger partial charge in [-0.25, -0.2) is 4.39 Å². The van der Waals surface area contributed by atoms with Crippen LogP contribution in [0.2, 0.25) is 0 Å². The van der Waals surface area contributed by atoms with Crippen LogP contribution in [0.4, 0.5) is 15.9 Å². The molecule has 1 aromatic heterocycles. The molecular weight excluding hydrogens is 638 g/mol. The number of amides is 1. The van der Waals surface area contributed by atoms with Gasteiger partial charge in [-0.05, 0) is 62.1 Å². The SMILES string of the molecule is CCCn1c(N2CCN(c3ccc(F)cc3)CC2)c(/C=C2/SC(=S)N(CCCCCCCCCCC(=O)O)C2=O)c(C)c(C#N)c1=O. The standard InChI is InChI=1S/C35H44FN5O4S2/c1-3-17-40-32(39-21-19-38(20-22-39)27-15-13-26(36)14-16-27)28(25(2)29(24-37)33(40)44)23-30-34(45)41(35(46)47-30)18-11-9-7-5-4-6-8-10-12-31(42)43/h13-16,23H,3-12,17-22H2,1-2H3,(H,42,43)/b30-23+. The number of benzene rings is 1. The molecule has 2 saturated heterocycles. The van der Waals surface area contributed by atoms with Gasteiger partial charge in [0.05, 0.1) is 4.91 Å². The van der Waals surface area contributed by atoms with E-state index in [1.165, 1.54) is 23.9 Å². The first-order valence-electron chi connectivity index (χ1n) is 16.6. The van der Waals surface area contributed by atoms with Gasteiger partial charge < -0.3 is 14.9 Å². The average Bonchev–Trinajstić information content (AvgIpc) is 3.32. The molecule has 2 aliphatic rings. The van der Waals surface area contributed by atoms with Gasteiger partial charge in [0.25, 0.3) is 11.5 Å². The molecule has 4 rings (SSSR count). The Hall–Kier alpha value is -3.69. The number of hydrogen-bond donors (Lipinski definition) is 1. The molecule has 0 saturated carbocycles. The molecule has 0 bridgehead atoms. The molecule has 0 unspecified atom stereocenters. The average molecular weight is 682 g/mol. The number of aromatic nitrogens is 1. The van der Waals surface area contributed by atoms with Crippen LogP contribution >= 0.6 is 24.0 Å². The Kier molecular flexibility index (Phi) is 13.4. The van der Waals surface area contributed by atoms with Crippen LogP contribution in [-0.2, 0) is 16.1 Å². The van der Waals surface area contributed by atoms with E-state index in [4.69, 9.17) is 17.3 Å². The molecule has 12 heteroatoms. The molecule has 2 fully saturated rings. The molecule has 3 heterocycles. The summed E-state index contributed by atoms with van der Waals surface area (Å²) in [6.45, 7) is 7.28. The number of unbranched alkanes of at least 4 members (excludes halogenated alkanes) is 7. The summed E-state index contributed by atoms with van der Waals surface area (Å²) in [4.78, 5) is 44.3. The quantitative estimate of drug-likeness (QED) is 0.118. The Morgan fingerprint density at radius 2 is 1.57 bits per heavy atom. The minimum absolute atomic E-state index is 0.0794. The van der Waals surface area contributed by atoms with Crippen molar-refractivity contribution in [2.75, 3.05) is 42.5 Å². The van der Waals surface area contributed by atoms with Crippen LogP contribution in [0, 0.1) is 24.1 Å². The highest BCUT2D eigenvalue weighted by Gasteiger charge is 2.33. The fourth-order valence-electron chi connectivity index (χ4n) is 6.17. The number of carboxylic acid groups (broad SMARTS) is 1. The molecule has 9 nitrogen and oxygen atoms in total. The molecule has 0 atom stereocenters. The van der Waals surface area contributed by atoms with Gasteiger partial charge in [-0.3, -0.25) is 23.9 Å². The summed E-state index contributed by atoms with van der Waals surface area (Å²) in [5.41, 5.74) is 1.93. The molecule has 0 spiro atoms. The molecule has 0 radical (unpaired) electrons. The molecule has 252 valence electrons. The van der Waals surface area contributed by atoms with Gasteiger partial charge in [0.15, 0.2) is 0 Å². The van der Waals surface area contributed by atoms with Crippen LogP contribution < -0.4 is 15.4 Å². The Balaban J connectivity index is 1.48. The van der Waals surface area contributed by atoms with Gasteiger partial charge in [-0.2, -0.15) is 5.26 Å². The molecule has 2 aromatic rings. The summed E-state index contributed by atoms with van der Waals surface area (Å²) >= 11 is 6.88. The Bertz CT molecular complexity index is 1580. The largest absolute Gasteiger partial charge is 0.481 e. The number of thioether (sulfide) groups is 1. The number of aliphatic carboxylic acids is 1. The summed E-state index contributed by atoms with van der Waals surface area (Å²) in [5.74, 6) is -0.467. The first-order valence-corrected chi connectivity index (χ1v) is 17.8.